The van der Waals surface area contributed by atoms with E-state index < -0.39 is 28.6 Å². The molecule has 22 heavy (non-hydrogen) atoms. The van der Waals surface area contributed by atoms with E-state index in [9.17, 15) is 17.9 Å². The van der Waals surface area contributed by atoms with Gasteiger partial charge in [-0.15, -0.1) is 0 Å². The van der Waals surface area contributed by atoms with Crippen molar-refractivity contribution in [2.24, 2.45) is 0 Å². The highest BCUT2D eigenvalue weighted by atomic mass is 35.5. The standard InChI is InChI=1S/C15H14ClFO4S/c1-10-2-5-12(6-3-10)22(19,20)21-9-15(18)11-4-7-14(17)13(16)8-11/h2-8,15,18H,9H2,1H3/t15-/m1/s1. The van der Waals surface area contributed by atoms with E-state index in [0.29, 0.717) is 0 Å². The second-order valence-corrected chi connectivity index (χ2v) is 6.76. The van der Waals surface area contributed by atoms with Crippen molar-refractivity contribution in [3.8, 4) is 0 Å². The predicted octanol–water partition coefficient (Wildman–Crippen LogP) is 3.23. The molecule has 0 radical (unpaired) electrons. The number of benzene rings is 2. The van der Waals surface area contributed by atoms with Gasteiger partial charge in [0, 0.05) is 0 Å². The molecule has 0 fully saturated rings. The van der Waals surface area contributed by atoms with Crippen LogP contribution in [0.2, 0.25) is 5.02 Å². The molecule has 0 aliphatic heterocycles. The second kappa shape index (κ2) is 6.75. The maximum atomic E-state index is 13.1. The predicted molar refractivity (Wildman–Crippen MR) is 80.7 cm³/mol. The third-order valence-corrected chi connectivity index (χ3v) is 4.60. The van der Waals surface area contributed by atoms with Crippen LogP contribution >= 0.6 is 11.6 Å². The summed E-state index contributed by atoms with van der Waals surface area (Å²) in [7, 11) is -3.97. The Labute approximate surface area is 133 Å². The summed E-state index contributed by atoms with van der Waals surface area (Å²) >= 11 is 5.61. The lowest BCUT2D eigenvalue weighted by Gasteiger charge is -2.12. The molecule has 1 N–H and O–H groups in total. The molecule has 0 saturated carbocycles. The monoisotopic (exact) mass is 344 g/mol. The summed E-state index contributed by atoms with van der Waals surface area (Å²) in [6.45, 7) is 1.34. The van der Waals surface area contributed by atoms with Crippen molar-refractivity contribution >= 4 is 21.7 Å². The summed E-state index contributed by atoms with van der Waals surface area (Å²) in [5, 5.41) is 9.76. The Kier molecular flexibility index (Phi) is 5.18. The highest BCUT2D eigenvalue weighted by Gasteiger charge is 2.18. The summed E-state index contributed by atoms with van der Waals surface area (Å²) in [5.41, 5.74) is 1.19. The molecule has 1 atom stereocenters. The zero-order chi connectivity index (χ0) is 16.3. The molecule has 2 aromatic carbocycles. The Morgan fingerprint density at radius 3 is 2.45 bits per heavy atom. The summed E-state index contributed by atoms with van der Waals surface area (Å²) in [6, 6.07) is 9.77. The van der Waals surface area contributed by atoms with Gasteiger partial charge in [0.05, 0.1) is 16.5 Å². The Hall–Kier alpha value is -1.47. The van der Waals surface area contributed by atoms with Gasteiger partial charge in [-0.05, 0) is 36.8 Å². The fourth-order valence-corrected chi connectivity index (χ4v) is 2.85. The lowest BCUT2D eigenvalue weighted by Crippen LogP contribution is -2.13. The van der Waals surface area contributed by atoms with Crippen LogP contribution in [0.3, 0.4) is 0 Å². The number of aliphatic hydroxyl groups excluding tert-OH is 1. The molecule has 0 aliphatic carbocycles. The van der Waals surface area contributed by atoms with Crippen LogP contribution in [0.5, 0.6) is 0 Å². The van der Waals surface area contributed by atoms with E-state index in [1.54, 1.807) is 12.1 Å². The normalized spacial score (nSPS) is 13.1. The second-order valence-electron chi connectivity index (χ2n) is 4.74. The molecule has 0 saturated heterocycles. The molecule has 0 aliphatic rings. The number of rotatable bonds is 5. The zero-order valence-electron chi connectivity index (χ0n) is 11.7. The van der Waals surface area contributed by atoms with Crippen LogP contribution in [0, 0.1) is 12.7 Å². The number of hydrogen-bond acceptors (Lipinski definition) is 4. The van der Waals surface area contributed by atoms with Gasteiger partial charge in [-0.25, -0.2) is 4.39 Å². The van der Waals surface area contributed by atoms with Crippen molar-refractivity contribution in [3.63, 3.8) is 0 Å². The van der Waals surface area contributed by atoms with E-state index >= 15 is 0 Å². The smallest absolute Gasteiger partial charge is 0.297 e. The Morgan fingerprint density at radius 1 is 1.23 bits per heavy atom. The van der Waals surface area contributed by atoms with Crippen molar-refractivity contribution in [1.82, 2.24) is 0 Å². The molecule has 7 heteroatoms. The van der Waals surface area contributed by atoms with E-state index in [1.165, 1.54) is 24.3 Å². The van der Waals surface area contributed by atoms with Gasteiger partial charge >= 0.3 is 0 Å². The highest BCUT2D eigenvalue weighted by molar-refractivity contribution is 7.86. The topological polar surface area (TPSA) is 63.6 Å². The molecular weight excluding hydrogens is 331 g/mol. The molecule has 0 aromatic heterocycles. The van der Waals surface area contributed by atoms with E-state index in [0.717, 1.165) is 11.6 Å². The van der Waals surface area contributed by atoms with Gasteiger partial charge in [0.1, 0.15) is 11.9 Å². The first-order valence-electron chi connectivity index (χ1n) is 6.39. The van der Waals surface area contributed by atoms with Crippen LogP contribution in [0.25, 0.3) is 0 Å². The average molecular weight is 345 g/mol. The van der Waals surface area contributed by atoms with Crippen molar-refractivity contribution in [2.45, 2.75) is 17.9 Å². The Bertz CT molecular complexity index is 760. The Balaban J connectivity index is 2.07. The largest absolute Gasteiger partial charge is 0.386 e. The highest BCUT2D eigenvalue weighted by Crippen LogP contribution is 2.22. The van der Waals surface area contributed by atoms with Crippen LogP contribution in [-0.4, -0.2) is 20.1 Å². The quantitative estimate of drug-likeness (QED) is 0.846. The van der Waals surface area contributed by atoms with E-state index in [4.69, 9.17) is 15.8 Å². The van der Waals surface area contributed by atoms with Gasteiger partial charge in [0.25, 0.3) is 10.1 Å². The molecule has 118 valence electrons. The summed E-state index contributed by atoms with van der Waals surface area (Å²) in [6.07, 6.45) is -1.24. The molecule has 0 unspecified atom stereocenters. The maximum Gasteiger partial charge on any atom is 0.297 e. The molecule has 2 aromatic rings. The number of hydrogen-bond donors (Lipinski definition) is 1. The zero-order valence-corrected chi connectivity index (χ0v) is 13.2. The van der Waals surface area contributed by atoms with E-state index in [2.05, 4.69) is 0 Å². The minimum absolute atomic E-state index is 0.00226. The molecule has 2 rings (SSSR count). The van der Waals surface area contributed by atoms with Crippen molar-refractivity contribution < 1.29 is 22.1 Å². The number of aryl methyl sites for hydroxylation is 1. The Morgan fingerprint density at radius 2 is 1.86 bits per heavy atom. The lowest BCUT2D eigenvalue weighted by molar-refractivity contribution is 0.111. The third kappa shape index (κ3) is 4.04. The number of halogens is 2. The first kappa shape index (κ1) is 16.9. The maximum absolute atomic E-state index is 13.1. The van der Waals surface area contributed by atoms with E-state index in [-0.39, 0.29) is 15.5 Å². The summed E-state index contributed by atoms with van der Waals surface area (Å²) in [4.78, 5) is 0.00226. The minimum Gasteiger partial charge on any atom is -0.386 e. The van der Waals surface area contributed by atoms with Gasteiger partial charge in [0.15, 0.2) is 0 Å². The van der Waals surface area contributed by atoms with Gasteiger partial charge in [-0.1, -0.05) is 35.4 Å². The molecule has 0 bridgehead atoms. The molecule has 0 spiro atoms. The third-order valence-electron chi connectivity index (χ3n) is 3.02. The van der Waals surface area contributed by atoms with Crippen LogP contribution in [-0.2, 0) is 14.3 Å². The molecular formula is C15H14ClFO4S. The molecule has 4 nitrogen and oxygen atoms in total. The van der Waals surface area contributed by atoms with E-state index in [1.807, 2.05) is 6.92 Å². The van der Waals surface area contributed by atoms with Gasteiger partial charge < -0.3 is 5.11 Å². The van der Waals surface area contributed by atoms with Crippen LogP contribution < -0.4 is 0 Å². The fraction of sp³-hybridized carbons (Fsp3) is 0.200. The van der Waals surface area contributed by atoms with Crippen molar-refractivity contribution in [2.75, 3.05) is 6.61 Å². The summed E-state index contributed by atoms with van der Waals surface area (Å²) in [5.74, 6) is -0.620. The van der Waals surface area contributed by atoms with Crippen LogP contribution in [0.4, 0.5) is 4.39 Å². The fourth-order valence-electron chi connectivity index (χ4n) is 1.74. The molecule has 0 amide bonds. The van der Waals surface area contributed by atoms with Crippen molar-refractivity contribution in [3.05, 3.63) is 64.4 Å². The minimum atomic E-state index is -3.97. The van der Waals surface area contributed by atoms with Crippen LogP contribution in [0.1, 0.15) is 17.2 Å². The summed E-state index contributed by atoms with van der Waals surface area (Å²) < 4.78 is 41.8. The number of aliphatic hydroxyl groups is 1. The van der Waals surface area contributed by atoms with Gasteiger partial charge in [-0.2, -0.15) is 8.42 Å². The van der Waals surface area contributed by atoms with Gasteiger partial charge in [-0.3, -0.25) is 4.18 Å². The van der Waals surface area contributed by atoms with Gasteiger partial charge in [0.2, 0.25) is 0 Å². The first-order valence-corrected chi connectivity index (χ1v) is 8.17. The van der Waals surface area contributed by atoms with Crippen molar-refractivity contribution in [1.29, 1.82) is 0 Å². The SMILES string of the molecule is Cc1ccc(S(=O)(=O)OC[C@@H](O)c2ccc(F)c(Cl)c2)cc1. The lowest BCUT2D eigenvalue weighted by atomic mass is 10.1. The average Bonchev–Trinajstić information content (AvgIpc) is 2.48. The first-order chi connectivity index (χ1) is 10.3. The molecule has 0 heterocycles. The van der Waals surface area contributed by atoms with Crippen LogP contribution in [0.15, 0.2) is 47.4 Å².